The van der Waals surface area contributed by atoms with Crippen molar-refractivity contribution in [1.82, 2.24) is 4.90 Å². The number of halogens is 1. The fraction of sp³-hybridized carbons (Fsp3) is 0.412. The fourth-order valence-electron chi connectivity index (χ4n) is 2.79. The highest BCUT2D eigenvalue weighted by Gasteiger charge is 2.36. The minimum absolute atomic E-state index is 0.119. The van der Waals surface area contributed by atoms with Crippen LogP contribution in [0, 0.1) is 5.82 Å². The summed E-state index contributed by atoms with van der Waals surface area (Å²) in [4.78, 5) is 24.8. The van der Waals surface area contributed by atoms with Crippen molar-refractivity contribution in [2.75, 3.05) is 13.1 Å². The van der Waals surface area contributed by atoms with Gasteiger partial charge in [0.2, 0.25) is 11.8 Å². The lowest BCUT2D eigenvalue weighted by Crippen LogP contribution is -2.51. The fourth-order valence-corrected chi connectivity index (χ4v) is 2.79. The van der Waals surface area contributed by atoms with Crippen molar-refractivity contribution < 1.29 is 19.1 Å². The molecule has 0 bridgehead atoms. The lowest BCUT2D eigenvalue weighted by molar-refractivity contribution is -0.140. The highest BCUT2D eigenvalue weighted by atomic mass is 19.1. The molecule has 1 aliphatic heterocycles. The molecule has 5 nitrogen and oxygen atoms in total. The molecule has 2 amide bonds. The van der Waals surface area contributed by atoms with Gasteiger partial charge in [-0.05, 0) is 30.5 Å². The molecule has 124 valence electrons. The molecule has 0 spiro atoms. The number of benzene rings is 1. The van der Waals surface area contributed by atoms with E-state index < -0.39 is 11.5 Å². The molecule has 1 aromatic carbocycles. The van der Waals surface area contributed by atoms with Gasteiger partial charge in [-0.1, -0.05) is 24.3 Å². The van der Waals surface area contributed by atoms with Crippen molar-refractivity contribution >= 4 is 17.9 Å². The number of likely N-dealkylation sites (tertiary alicyclic amines) is 1. The minimum atomic E-state index is -1.22. The molecule has 0 saturated carbocycles. The van der Waals surface area contributed by atoms with E-state index in [1.165, 1.54) is 12.1 Å². The van der Waals surface area contributed by atoms with Crippen LogP contribution in [-0.2, 0) is 9.59 Å². The highest BCUT2D eigenvalue weighted by molar-refractivity contribution is 5.79. The first kappa shape index (κ1) is 17.1. The molecule has 1 unspecified atom stereocenters. The van der Waals surface area contributed by atoms with Gasteiger partial charge >= 0.3 is 0 Å². The van der Waals surface area contributed by atoms with Gasteiger partial charge in [0.25, 0.3) is 0 Å². The van der Waals surface area contributed by atoms with E-state index >= 15 is 0 Å². The first-order valence-corrected chi connectivity index (χ1v) is 7.58. The molecule has 1 aliphatic rings. The number of carbonyl (C=O) groups excluding carboxylic acids is 2. The van der Waals surface area contributed by atoms with Crippen LogP contribution in [0.1, 0.15) is 31.2 Å². The predicted octanol–water partition coefficient (Wildman–Crippen LogP) is 1.46. The summed E-state index contributed by atoms with van der Waals surface area (Å²) in [5.74, 6) is -0.996. The van der Waals surface area contributed by atoms with Gasteiger partial charge in [0.05, 0.1) is 12.0 Å². The maximum absolute atomic E-state index is 12.8. The Morgan fingerprint density at radius 1 is 1.35 bits per heavy atom. The number of aliphatic hydroxyl groups is 1. The lowest BCUT2D eigenvalue weighted by atomic mass is 9.89. The van der Waals surface area contributed by atoms with Crippen LogP contribution in [0.4, 0.5) is 4.39 Å². The number of nitrogens with zero attached hydrogens (tertiary/aromatic N) is 1. The number of β-amino-alcohol motifs (C(OH)–C–C–N with tert-alkyl or cyclic N) is 1. The molecule has 0 radical (unpaired) electrons. The second kappa shape index (κ2) is 7.37. The Morgan fingerprint density at radius 2 is 2.04 bits per heavy atom. The third-order valence-electron chi connectivity index (χ3n) is 3.88. The molecular weight excluding hydrogens is 299 g/mol. The van der Waals surface area contributed by atoms with E-state index in [0.717, 1.165) is 5.56 Å². The SMILES string of the molecule is NC(=O)CC1(O)CCCN(C(=O)C/C=C/c2ccc(F)cc2)C1. The molecule has 1 saturated heterocycles. The van der Waals surface area contributed by atoms with Gasteiger partial charge in [-0.25, -0.2) is 4.39 Å². The molecule has 3 N–H and O–H groups in total. The van der Waals surface area contributed by atoms with Gasteiger partial charge in [0.1, 0.15) is 5.82 Å². The first-order chi connectivity index (χ1) is 10.9. The highest BCUT2D eigenvalue weighted by Crippen LogP contribution is 2.24. The van der Waals surface area contributed by atoms with Crippen molar-refractivity contribution in [2.45, 2.75) is 31.3 Å². The number of primary amides is 1. The normalized spacial score (nSPS) is 21.6. The maximum atomic E-state index is 12.8. The van der Waals surface area contributed by atoms with Gasteiger partial charge in [0, 0.05) is 19.5 Å². The Morgan fingerprint density at radius 3 is 2.70 bits per heavy atom. The van der Waals surface area contributed by atoms with Crippen molar-refractivity contribution in [2.24, 2.45) is 5.73 Å². The Kier molecular flexibility index (Phi) is 5.50. The number of hydrogen-bond acceptors (Lipinski definition) is 3. The summed E-state index contributed by atoms with van der Waals surface area (Å²) in [7, 11) is 0. The third-order valence-corrected chi connectivity index (χ3v) is 3.88. The summed E-state index contributed by atoms with van der Waals surface area (Å²) in [6, 6.07) is 5.97. The molecular formula is C17H21FN2O3. The second-order valence-corrected chi connectivity index (χ2v) is 5.94. The zero-order chi connectivity index (χ0) is 16.9. The van der Waals surface area contributed by atoms with Gasteiger partial charge in [-0.3, -0.25) is 9.59 Å². The van der Waals surface area contributed by atoms with E-state index in [1.54, 1.807) is 29.2 Å². The second-order valence-electron chi connectivity index (χ2n) is 5.94. The maximum Gasteiger partial charge on any atom is 0.226 e. The van der Waals surface area contributed by atoms with E-state index in [2.05, 4.69) is 0 Å². The largest absolute Gasteiger partial charge is 0.388 e. The molecule has 23 heavy (non-hydrogen) atoms. The Balaban J connectivity index is 1.90. The van der Waals surface area contributed by atoms with Crippen LogP contribution in [0.3, 0.4) is 0 Å². The topological polar surface area (TPSA) is 83.6 Å². The molecule has 1 aromatic rings. The molecule has 0 aliphatic carbocycles. The number of hydrogen-bond donors (Lipinski definition) is 2. The summed E-state index contributed by atoms with van der Waals surface area (Å²) in [5, 5.41) is 10.3. The van der Waals surface area contributed by atoms with E-state index in [-0.39, 0.29) is 31.1 Å². The van der Waals surface area contributed by atoms with Crippen molar-refractivity contribution in [1.29, 1.82) is 0 Å². The number of rotatable bonds is 5. The molecule has 6 heteroatoms. The average Bonchev–Trinajstić information content (AvgIpc) is 2.48. The molecule has 2 rings (SSSR count). The van der Waals surface area contributed by atoms with Crippen LogP contribution < -0.4 is 5.73 Å². The quantitative estimate of drug-likeness (QED) is 0.861. The Labute approximate surface area is 134 Å². The average molecular weight is 320 g/mol. The van der Waals surface area contributed by atoms with E-state index in [1.807, 2.05) is 0 Å². The monoisotopic (exact) mass is 320 g/mol. The van der Waals surface area contributed by atoms with Gasteiger partial charge in [-0.15, -0.1) is 0 Å². The van der Waals surface area contributed by atoms with Crippen LogP contribution in [-0.4, -0.2) is 40.5 Å². The Bertz CT molecular complexity index is 600. The number of amides is 2. The predicted molar refractivity (Wildman–Crippen MR) is 84.6 cm³/mol. The van der Waals surface area contributed by atoms with E-state index in [4.69, 9.17) is 5.73 Å². The minimum Gasteiger partial charge on any atom is -0.388 e. The van der Waals surface area contributed by atoms with Crippen molar-refractivity contribution in [3.05, 3.63) is 41.7 Å². The summed E-state index contributed by atoms with van der Waals surface area (Å²) in [5.41, 5.74) is 4.73. The smallest absolute Gasteiger partial charge is 0.226 e. The molecule has 1 fully saturated rings. The van der Waals surface area contributed by atoms with E-state index in [9.17, 15) is 19.1 Å². The van der Waals surface area contributed by atoms with Crippen LogP contribution in [0.25, 0.3) is 6.08 Å². The van der Waals surface area contributed by atoms with E-state index in [0.29, 0.717) is 19.4 Å². The summed E-state index contributed by atoms with van der Waals surface area (Å²) >= 11 is 0. The third kappa shape index (κ3) is 5.17. The van der Waals surface area contributed by atoms with Crippen LogP contribution in [0.2, 0.25) is 0 Å². The zero-order valence-electron chi connectivity index (χ0n) is 12.9. The summed E-state index contributed by atoms with van der Waals surface area (Å²) < 4.78 is 12.8. The van der Waals surface area contributed by atoms with Crippen LogP contribution in [0.15, 0.2) is 30.3 Å². The number of piperidine rings is 1. The summed E-state index contributed by atoms with van der Waals surface area (Å²) in [6.45, 7) is 0.684. The molecule has 1 heterocycles. The summed E-state index contributed by atoms with van der Waals surface area (Å²) in [6.07, 6.45) is 4.60. The number of nitrogens with two attached hydrogens (primary N) is 1. The van der Waals surface area contributed by atoms with Crippen LogP contribution >= 0.6 is 0 Å². The van der Waals surface area contributed by atoms with Crippen molar-refractivity contribution in [3.63, 3.8) is 0 Å². The number of carbonyl (C=O) groups is 2. The molecule has 1 atom stereocenters. The zero-order valence-corrected chi connectivity index (χ0v) is 12.9. The van der Waals surface area contributed by atoms with Crippen molar-refractivity contribution in [3.8, 4) is 0 Å². The van der Waals surface area contributed by atoms with Gasteiger partial charge in [-0.2, -0.15) is 0 Å². The van der Waals surface area contributed by atoms with Gasteiger partial charge < -0.3 is 15.7 Å². The first-order valence-electron chi connectivity index (χ1n) is 7.58. The van der Waals surface area contributed by atoms with Crippen LogP contribution in [0.5, 0.6) is 0 Å². The lowest BCUT2D eigenvalue weighted by Gasteiger charge is -2.38. The Hall–Kier alpha value is -2.21. The standard InChI is InChI=1S/C17H21FN2O3/c18-14-7-5-13(6-8-14)3-1-4-16(22)20-10-2-9-17(23,12-20)11-15(19)21/h1,3,5-8,23H,2,4,9-12H2,(H2,19,21)/b3-1+. The molecule has 0 aromatic heterocycles. The van der Waals surface area contributed by atoms with Gasteiger partial charge in [0.15, 0.2) is 0 Å².